The number of fused-ring (bicyclic) bond motifs is 1. The summed E-state index contributed by atoms with van der Waals surface area (Å²) < 4.78 is 19.2. The van der Waals surface area contributed by atoms with Crippen LogP contribution < -0.4 is 5.73 Å². The van der Waals surface area contributed by atoms with E-state index < -0.39 is 37.3 Å². The summed E-state index contributed by atoms with van der Waals surface area (Å²) in [6.07, 6.45) is -1.22. The first-order valence-corrected chi connectivity index (χ1v) is 6.69. The molecule has 1 saturated heterocycles. The minimum absolute atomic E-state index is 0.0186. The van der Waals surface area contributed by atoms with E-state index in [0.29, 0.717) is 5.52 Å². The van der Waals surface area contributed by atoms with E-state index in [0.717, 1.165) is 0 Å². The summed E-state index contributed by atoms with van der Waals surface area (Å²) in [5.41, 5.74) is 4.02. The van der Waals surface area contributed by atoms with Gasteiger partial charge in [0.25, 0.3) is 0 Å². The van der Waals surface area contributed by atoms with Gasteiger partial charge in [-0.25, -0.2) is 14.4 Å². The average molecular weight is 323 g/mol. The van der Waals surface area contributed by atoms with Crippen LogP contribution in [0.25, 0.3) is 11.2 Å². The smallest absolute Gasteiger partial charge is 0.222 e. The number of aliphatic hydroxyl groups is 3. The quantitative estimate of drug-likeness (QED) is 0.483. The van der Waals surface area contributed by atoms with E-state index in [9.17, 15) is 19.7 Å². The largest absolute Gasteiger partial charge is 0.394 e. The number of halogens is 1. The van der Waals surface area contributed by atoms with Gasteiger partial charge in [0.1, 0.15) is 24.4 Å². The predicted octanol–water partition coefficient (Wildman–Crippen LogP) is -1.64. The fourth-order valence-corrected chi connectivity index (χ4v) is 2.52. The Morgan fingerprint density at radius 3 is 2.96 bits per heavy atom. The minimum atomic E-state index is -2.15. The minimum Gasteiger partial charge on any atom is -0.394 e. The highest BCUT2D eigenvalue weighted by Crippen LogP contribution is 2.39. The van der Waals surface area contributed by atoms with Crippen molar-refractivity contribution >= 4 is 17.1 Å². The standard InChI is InChI=1S/C13H14FN5O4/c14-3-1-2-13(22)9(21)8(5-20)23-11(13)19-6-17-7-4-16-12(15)18-10(7)19/h4,6,8-9,11,20-22H,3,5H2,(H2,15,16,18)/t8-,9+,11-,13?/m1/s1. The Hall–Kier alpha value is -2.32. The Kier molecular flexibility index (Phi) is 3.87. The van der Waals surface area contributed by atoms with Crippen LogP contribution in [0.15, 0.2) is 12.5 Å². The van der Waals surface area contributed by atoms with Crippen LogP contribution in [0.5, 0.6) is 0 Å². The van der Waals surface area contributed by atoms with Crippen molar-refractivity contribution in [1.82, 2.24) is 19.5 Å². The van der Waals surface area contributed by atoms with E-state index in [1.54, 1.807) is 0 Å². The number of alkyl halides is 1. The fraction of sp³-hybridized carbons (Fsp3) is 0.462. The molecule has 0 radical (unpaired) electrons. The highest BCUT2D eigenvalue weighted by molar-refractivity contribution is 5.70. The van der Waals surface area contributed by atoms with E-state index in [2.05, 4.69) is 26.8 Å². The lowest BCUT2D eigenvalue weighted by Gasteiger charge is -2.26. The lowest BCUT2D eigenvalue weighted by atomic mass is 9.94. The molecule has 0 saturated carbocycles. The molecule has 2 aromatic heterocycles. The van der Waals surface area contributed by atoms with Gasteiger partial charge in [-0.15, -0.1) is 0 Å². The molecule has 3 rings (SSSR count). The molecule has 10 heteroatoms. The molecule has 122 valence electrons. The molecule has 0 spiro atoms. The maximum absolute atomic E-state index is 12.4. The number of nitrogens with two attached hydrogens (primary N) is 1. The van der Waals surface area contributed by atoms with Gasteiger partial charge in [-0.2, -0.15) is 4.98 Å². The summed E-state index contributed by atoms with van der Waals surface area (Å²) in [7, 11) is 0. The first-order valence-electron chi connectivity index (χ1n) is 6.69. The van der Waals surface area contributed by atoms with Gasteiger partial charge < -0.3 is 25.8 Å². The Bertz CT molecular complexity index is 787. The maximum atomic E-state index is 12.4. The highest BCUT2D eigenvalue weighted by Gasteiger charge is 2.55. The molecular formula is C13H14FN5O4. The zero-order valence-electron chi connectivity index (χ0n) is 11.8. The maximum Gasteiger partial charge on any atom is 0.222 e. The number of ether oxygens (including phenoxy) is 1. The normalized spacial score (nSPS) is 30.3. The molecule has 1 fully saturated rings. The van der Waals surface area contributed by atoms with Gasteiger partial charge in [0.2, 0.25) is 5.95 Å². The zero-order valence-corrected chi connectivity index (χ0v) is 11.8. The van der Waals surface area contributed by atoms with E-state index >= 15 is 0 Å². The summed E-state index contributed by atoms with van der Waals surface area (Å²) in [6, 6.07) is 0. The Labute approximate surface area is 129 Å². The van der Waals surface area contributed by atoms with Crippen LogP contribution in [0.2, 0.25) is 0 Å². The van der Waals surface area contributed by atoms with E-state index in [1.165, 1.54) is 17.1 Å². The monoisotopic (exact) mass is 323 g/mol. The summed E-state index contributed by atoms with van der Waals surface area (Å²) in [4.78, 5) is 11.9. The first-order chi connectivity index (χ1) is 11.0. The van der Waals surface area contributed by atoms with Crippen molar-refractivity contribution in [1.29, 1.82) is 0 Å². The molecule has 3 heterocycles. The molecule has 1 aliphatic heterocycles. The second-order valence-corrected chi connectivity index (χ2v) is 5.00. The molecular weight excluding hydrogens is 309 g/mol. The topological polar surface area (TPSA) is 140 Å². The van der Waals surface area contributed by atoms with Crippen LogP contribution in [0.3, 0.4) is 0 Å². The molecule has 9 nitrogen and oxygen atoms in total. The second-order valence-electron chi connectivity index (χ2n) is 5.00. The number of aliphatic hydroxyl groups excluding tert-OH is 2. The summed E-state index contributed by atoms with van der Waals surface area (Å²) in [6.45, 7) is -1.56. The van der Waals surface area contributed by atoms with Crippen LogP contribution in [0, 0.1) is 11.8 Å². The van der Waals surface area contributed by atoms with Crippen LogP contribution >= 0.6 is 0 Å². The van der Waals surface area contributed by atoms with Gasteiger partial charge in [0.15, 0.2) is 17.5 Å². The Morgan fingerprint density at radius 2 is 2.26 bits per heavy atom. The number of rotatable bonds is 2. The van der Waals surface area contributed by atoms with Gasteiger partial charge in [-0.05, 0) is 0 Å². The SMILES string of the molecule is Nc1ncc2ncn([C@@H]3O[C@H](CO)[C@H](O)C3(O)C#CCF)c2n1. The molecule has 1 unspecified atom stereocenters. The predicted molar refractivity (Wildman–Crippen MR) is 75.4 cm³/mol. The van der Waals surface area contributed by atoms with Crippen molar-refractivity contribution in [3.05, 3.63) is 12.5 Å². The third kappa shape index (κ3) is 2.40. The van der Waals surface area contributed by atoms with Gasteiger partial charge in [0.05, 0.1) is 19.1 Å². The number of hydrogen-bond acceptors (Lipinski definition) is 8. The molecule has 5 N–H and O–H groups in total. The van der Waals surface area contributed by atoms with Crippen LogP contribution in [0.1, 0.15) is 6.23 Å². The number of imidazole rings is 1. The van der Waals surface area contributed by atoms with Crippen LogP contribution in [0.4, 0.5) is 10.3 Å². The van der Waals surface area contributed by atoms with Crippen molar-refractivity contribution in [2.45, 2.75) is 24.0 Å². The third-order valence-corrected chi connectivity index (χ3v) is 3.61. The van der Waals surface area contributed by atoms with Gasteiger partial charge in [-0.3, -0.25) is 4.57 Å². The van der Waals surface area contributed by atoms with Crippen molar-refractivity contribution in [3.63, 3.8) is 0 Å². The van der Waals surface area contributed by atoms with E-state index in [4.69, 9.17) is 10.5 Å². The van der Waals surface area contributed by atoms with Crippen molar-refractivity contribution in [2.24, 2.45) is 0 Å². The number of nitrogens with zero attached hydrogens (tertiary/aromatic N) is 4. The zero-order chi connectivity index (χ0) is 16.6. The molecule has 4 atom stereocenters. The summed E-state index contributed by atoms with van der Waals surface area (Å²) in [5.74, 6) is 4.32. The van der Waals surface area contributed by atoms with Crippen molar-refractivity contribution in [2.75, 3.05) is 19.0 Å². The molecule has 0 aliphatic carbocycles. The summed E-state index contributed by atoms with van der Waals surface area (Å²) >= 11 is 0. The van der Waals surface area contributed by atoms with Gasteiger partial charge in [0, 0.05) is 0 Å². The number of anilines is 1. The number of aromatic nitrogens is 4. The molecule has 0 bridgehead atoms. The lowest BCUT2D eigenvalue weighted by molar-refractivity contribution is -0.0722. The summed E-state index contributed by atoms with van der Waals surface area (Å²) in [5, 5.41) is 30.2. The third-order valence-electron chi connectivity index (χ3n) is 3.61. The first kappa shape index (κ1) is 15.6. The van der Waals surface area contributed by atoms with E-state index in [-0.39, 0.29) is 11.6 Å². The number of hydrogen-bond donors (Lipinski definition) is 4. The van der Waals surface area contributed by atoms with E-state index in [1.807, 2.05) is 0 Å². The molecule has 0 amide bonds. The highest BCUT2D eigenvalue weighted by atomic mass is 19.1. The van der Waals surface area contributed by atoms with Crippen LogP contribution in [-0.4, -0.2) is 65.9 Å². The molecule has 1 aliphatic rings. The fourth-order valence-electron chi connectivity index (χ4n) is 2.52. The van der Waals surface area contributed by atoms with Crippen LogP contribution in [-0.2, 0) is 4.74 Å². The molecule has 0 aromatic carbocycles. The molecule has 2 aromatic rings. The average Bonchev–Trinajstić information content (AvgIpc) is 3.05. The molecule has 23 heavy (non-hydrogen) atoms. The Balaban J connectivity index is 2.13. The lowest BCUT2D eigenvalue weighted by Crippen LogP contribution is -2.46. The second kappa shape index (κ2) is 5.71. The van der Waals surface area contributed by atoms with Crippen molar-refractivity contribution in [3.8, 4) is 11.8 Å². The Morgan fingerprint density at radius 1 is 1.48 bits per heavy atom. The van der Waals surface area contributed by atoms with Gasteiger partial charge >= 0.3 is 0 Å². The number of nitrogen functional groups attached to an aromatic ring is 1. The van der Waals surface area contributed by atoms with Gasteiger partial charge in [-0.1, -0.05) is 11.8 Å². The van der Waals surface area contributed by atoms with Crippen molar-refractivity contribution < 1.29 is 24.4 Å².